The maximum absolute atomic E-state index is 13.1. The van der Waals surface area contributed by atoms with Crippen LogP contribution in [0.2, 0.25) is 0 Å². The van der Waals surface area contributed by atoms with Gasteiger partial charge in [-0.25, -0.2) is 9.97 Å². The Hall–Kier alpha value is -3.80. The summed E-state index contributed by atoms with van der Waals surface area (Å²) in [7, 11) is 0. The fourth-order valence-corrected chi connectivity index (χ4v) is 3.43. The van der Waals surface area contributed by atoms with Gasteiger partial charge in [0, 0.05) is 30.4 Å². The van der Waals surface area contributed by atoms with E-state index in [1.54, 1.807) is 18.2 Å². The molecule has 0 spiro atoms. The van der Waals surface area contributed by atoms with E-state index in [2.05, 4.69) is 20.3 Å². The zero-order valence-corrected chi connectivity index (χ0v) is 15.5. The molecule has 30 heavy (non-hydrogen) atoms. The molecule has 9 heteroatoms. The Labute approximate surface area is 169 Å². The summed E-state index contributed by atoms with van der Waals surface area (Å²) in [6.45, 7) is 0.490. The zero-order chi connectivity index (χ0) is 21.3. The predicted octanol–water partition coefficient (Wildman–Crippen LogP) is 3.31. The number of fused-ring (bicyclic) bond motifs is 1. The molecule has 1 aromatic carbocycles. The van der Waals surface area contributed by atoms with E-state index in [9.17, 15) is 18.0 Å². The first-order valence-electron chi connectivity index (χ1n) is 9.04. The number of halogens is 3. The minimum Gasteiger partial charge on any atom is -0.352 e. The monoisotopic (exact) mass is 409 g/mol. The van der Waals surface area contributed by atoms with Crippen molar-refractivity contribution in [3.05, 3.63) is 76.4 Å². The van der Waals surface area contributed by atoms with Crippen LogP contribution < -0.4 is 5.32 Å². The molecule has 1 aliphatic rings. The average molecular weight is 409 g/mol. The lowest BCUT2D eigenvalue weighted by molar-refractivity contribution is -0.137. The number of carbonyl (C=O) groups excluding carboxylic acids is 1. The number of rotatable bonds is 3. The molecule has 2 aromatic heterocycles. The molecule has 1 amide bonds. The lowest BCUT2D eigenvalue weighted by atomic mass is 9.97. The molecule has 0 saturated heterocycles. The maximum atomic E-state index is 13.1. The number of alkyl halides is 3. The number of nitrogens with one attached hydrogen (secondary N) is 1. The molecule has 0 saturated carbocycles. The quantitative estimate of drug-likeness (QED) is 0.717. The Morgan fingerprint density at radius 3 is 2.73 bits per heavy atom. The molecular formula is C21H14F3N5O. The number of hydrogen-bond acceptors (Lipinski definition) is 5. The summed E-state index contributed by atoms with van der Waals surface area (Å²) in [5.41, 5.74) is 2.18. The molecule has 1 N–H and O–H groups in total. The molecule has 6 nitrogen and oxygen atoms in total. The lowest BCUT2D eigenvalue weighted by Crippen LogP contribution is -2.32. The molecule has 3 aromatic rings. The fraction of sp³-hybridized carbons (Fsp3) is 0.190. The van der Waals surface area contributed by atoms with Gasteiger partial charge >= 0.3 is 6.18 Å². The van der Waals surface area contributed by atoms with Crippen LogP contribution in [-0.4, -0.2) is 27.4 Å². The van der Waals surface area contributed by atoms with E-state index in [0.717, 1.165) is 17.7 Å². The zero-order valence-electron chi connectivity index (χ0n) is 15.5. The van der Waals surface area contributed by atoms with Crippen LogP contribution in [0.4, 0.5) is 13.2 Å². The summed E-state index contributed by atoms with van der Waals surface area (Å²) >= 11 is 0. The first-order valence-corrected chi connectivity index (χ1v) is 9.04. The second-order valence-corrected chi connectivity index (χ2v) is 6.79. The highest BCUT2D eigenvalue weighted by molar-refractivity contribution is 5.98. The molecule has 0 fully saturated rings. The van der Waals surface area contributed by atoms with Gasteiger partial charge in [-0.05, 0) is 47.9 Å². The highest BCUT2D eigenvalue weighted by atomic mass is 19.4. The van der Waals surface area contributed by atoms with Gasteiger partial charge in [0.2, 0.25) is 0 Å². The Kier molecular flexibility index (Phi) is 4.91. The van der Waals surface area contributed by atoms with Crippen LogP contribution in [-0.2, 0) is 19.0 Å². The van der Waals surface area contributed by atoms with Crippen molar-refractivity contribution in [3.8, 4) is 17.5 Å². The van der Waals surface area contributed by atoms with Crippen molar-refractivity contribution in [3.63, 3.8) is 0 Å². The first-order chi connectivity index (χ1) is 14.3. The van der Waals surface area contributed by atoms with Crippen molar-refractivity contribution < 1.29 is 18.0 Å². The van der Waals surface area contributed by atoms with Crippen LogP contribution in [0.3, 0.4) is 0 Å². The summed E-state index contributed by atoms with van der Waals surface area (Å²) in [4.78, 5) is 24.8. The number of amides is 1. The SMILES string of the molecule is N#Cc1cc(Cc2cc(-c3nccc4c3CCNC4=O)ncn2)cc(C(F)(F)F)c1. The topological polar surface area (TPSA) is 91.6 Å². The standard InChI is InChI=1S/C21H14F3N5O/c22-21(23,24)14-6-12(5-13(7-14)10-25)8-15-9-18(29-11-28-15)19-16-1-4-27-20(30)17(16)2-3-26-19/h2-3,5-7,9,11H,1,4,8H2,(H,27,30). The second kappa shape index (κ2) is 7.55. The Balaban J connectivity index is 1.71. The largest absolute Gasteiger partial charge is 0.416 e. The molecular weight excluding hydrogens is 395 g/mol. The van der Waals surface area contributed by atoms with Crippen molar-refractivity contribution in [2.45, 2.75) is 19.0 Å². The van der Waals surface area contributed by atoms with Gasteiger partial charge in [0.25, 0.3) is 5.91 Å². The number of carbonyl (C=O) groups is 1. The van der Waals surface area contributed by atoms with Crippen molar-refractivity contribution in [1.82, 2.24) is 20.3 Å². The summed E-state index contributed by atoms with van der Waals surface area (Å²) in [5.74, 6) is -0.179. The summed E-state index contributed by atoms with van der Waals surface area (Å²) in [6.07, 6.45) is -1.03. The number of hydrogen-bond donors (Lipinski definition) is 1. The predicted molar refractivity (Wildman–Crippen MR) is 100 cm³/mol. The van der Waals surface area contributed by atoms with Gasteiger partial charge in [0.1, 0.15) is 6.33 Å². The van der Waals surface area contributed by atoms with Crippen LogP contribution in [0.5, 0.6) is 0 Å². The number of nitriles is 1. The molecule has 1 aliphatic heterocycles. The minimum atomic E-state index is -4.55. The third-order valence-corrected chi connectivity index (χ3v) is 4.76. The van der Waals surface area contributed by atoms with Crippen LogP contribution in [0.15, 0.2) is 42.9 Å². The average Bonchev–Trinajstić information content (AvgIpc) is 2.73. The Morgan fingerprint density at radius 2 is 1.97 bits per heavy atom. The molecule has 0 atom stereocenters. The van der Waals surface area contributed by atoms with Crippen molar-refractivity contribution in [2.75, 3.05) is 6.54 Å². The van der Waals surface area contributed by atoms with E-state index in [4.69, 9.17) is 5.26 Å². The van der Waals surface area contributed by atoms with E-state index < -0.39 is 11.7 Å². The van der Waals surface area contributed by atoms with Gasteiger partial charge in [0.05, 0.1) is 28.6 Å². The number of aromatic nitrogens is 3. The highest BCUT2D eigenvalue weighted by Gasteiger charge is 2.31. The Morgan fingerprint density at radius 1 is 1.13 bits per heavy atom. The normalized spacial score (nSPS) is 13.3. The van der Waals surface area contributed by atoms with E-state index in [-0.39, 0.29) is 17.9 Å². The molecule has 0 bridgehead atoms. The molecule has 0 radical (unpaired) electrons. The minimum absolute atomic E-state index is 0.0705. The highest BCUT2D eigenvalue weighted by Crippen LogP contribution is 2.31. The summed E-state index contributed by atoms with van der Waals surface area (Å²) in [5, 5.41) is 11.8. The van der Waals surface area contributed by atoms with Crippen molar-refractivity contribution in [2.24, 2.45) is 0 Å². The van der Waals surface area contributed by atoms with Gasteiger partial charge < -0.3 is 5.32 Å². The van der Waals surface area contributed by atoms with Gasteiger partial charge in [-0.1, -0.05) is 0 Å². The van der Waals surface area contributed by atoms with Gasteiger partial charge in [-0.3, -0.25) is 9.78 Å². The van der Waals surface area contributed by atoms with Crippen molar-refractivity contribution in [1.29, 1.82) is 5.26 Å². The van der Waals surface area contributed by atoms with Crippen LogP contribution in [0, 0.1) is 11.3 Å². The smallest absolute Gasteiger partial charge is 0.352 e. The third-order valence-electron chi connectivity index (χ3n) is 4.76. The molecule has 0 unspecified atom stereocenters. The Bertz CT molecular complexity index is 1180. The van der Waals surface area contributed by atoms with Gasteiger partial charge in [-0.15, -0.1) is 0 Å². The summed E-state index contributed by atoms with van der Waals surface area (Å²) in [6, 6.07) is 8.28. The van der Waals surface area contributed by atoms with E-state index in [0.29, 0.717) is 41.2 Å². The van der Waals surface area contributed by atoms with Gasteiger partial charge in [-0.2, -0.15) is 18.4 Å². The van der Waals surface area contributed by atoms with E-state index in [1.807, 2.05) is 0 Å². The van der Waals surface area contributed by atoms with E-state index >= 15 is 0 Å². The van der Waals surface area contributed by atoms with Crippen LogP contribution in [0.1, 0.15) is 38.3 Å². The molecule has 0 aliphatic carbocycles. The molecule has 150 valence electrons. The van der Waals surface area contributed by atoms with Crippen molar-refractivity contribution >= 4 is 5.91 Å². The number of nitrogens with zero attached hydrogens (tertiary/aromatic N) is 4. The maximum Gasteiger partial charge on any atom is 0.416 e. The van der Waals surface area contributed by atoms with Crippen LogP contribution in [0.25, 0.3) is 11.4 Å². The van der Waals surface area contributed by atoms with Crippen LogP contribution >= 0.6 is 0 Å². The number of benzene rings is 1. The fourth-order valence-electron chi connectivity index (χ4n) is 3.43. The lowest BCUT2D eigenvalue weighted by Gasteiger charge is -2.18. The molecule has 3 heterocycles. The first kappa shape index (κ1) is 19.5. The van der Waals surface area contributed by atoms with Gasteiger partial charge in [0.15, 0.2) is 0 Å². The second-order valence-electron chi connectivity index (χ2n) is 6.79. The molecule has 4 rings (SSSR count). The van der Waals surface area contributed by atoms with E-state index in [1.165, 1.54) is 18.6 Å². The summed E-state index contributed by atoms with van der Waals surface area (Å²) < 4.78 is 39.4. The number of pyridine rings is 1. The third kappa shape index (κ3) is 3.85.